The smallest absolute Gasteiger partial charge is 0.438 e. The van der Waals surface area contributed by atoms with Gasteiger partial charge in [0.05, 0.1) is 12.7 Å². The van der Waals surface area contributed by atoms with Crippen LogP contribution in [0.1, 0.15) is 30.1 Å². The Balaban J connectivity index is 2.47. The van der Waals surface area contributed by atoms with Gasteiger partial charge in [-0.05, 0) is 18.6 Å². The van der Waals surface area contributed by atoms with E-state index in [1.807, 2.05) is 0 Å². The van der Waals surface area contributed by atoms with Crippen LogP contribution in [0, 0.1) is 0 Å². The third kappa shape index (κ3) is 2.54. The Labute approximate surface area is 125 Å². The molecule has 0 bridgehead atoms. The van der Waals surface area contributed by atoms with Crippen molar-refractivity contribution in [3.05, 3.63) is 29.8 Å². The SMILES string of the molecule is CCC1=NN(C(=O)c2ccccc2OC)C(O)(C(F)(F)F)C1. The van der Waals surface area contributed by atoms with E-state index in [2.05, 4.69) is 5.10 Å². The van der Waals surface area contributed by atoms with Crippen LogP contribution in [0.4, 0.5) is 13.2 Å². The number of hydrogen-bond donors (Lipinski definition) is 1. The number of amides is 1. The van der Waals surface area contributed by atoms with Crippen molar-refractivity contribution in [2.75, 3.05) is 7.11 Å². The predicted molar refractivity (Wildman–Crippen MR) is 72.5 cm³/mol. The molecule has 0 saturated heterocycles. The number of carbonyl (C=O) groups is 1. The fourth-order valence-corrected chi connectivity index (χ4v) is 2.18. The minimum Gasteiger partial charge on any atom is -0.496 e. The van der Waals surface area contributed by atoms with E-state index in [-0.39, 0.29) is 28.5 Å². The highest BCUT2D eigenvalue weighted by atomic mass is 19.4. The Kier molecular flexibility index (Phi) is 4.15. The highest BCUT2D eigenvalue weighted by Crippen LogP contribution is 2.41. The van der Waals surface area contributed by atoms with Gasteiger partial charge in [0.15, 0.2) is 0 Å². The number of aliphatic hydroxyl groups is 1. The molecule has 22 heavy (non-hydrogen) atoms. The molecule has 1 unspecified atom stereocenters. The van der Waals surface area contributed by atoms with E-state index >= 15 is 0 Å². The Morgan fingerprint density at radius 1 is 1.45 bits per heavy atom. The van der Waals surface area contributed by atoms with Gasteiger partial charge in [-0.15, -0.1) is 0 Å². The van der Waals surface area contributed by atoms with Crippen LogP contribution in [0.2, 0.25) is 0 Å². The van der Waals surface area contributed by atoms with Crippen LogP contribution >= 0.6 is 0 Å². The number of para-hydroxylation sites is 1. The summed E-state index contributed by atoms with van der Waals surface area (Å²) in [6.07, 6.45) is -5.58. The van der Waals surface area contributed by atoms with Gasteiger partial charge >= 0.3 is 6.18 Å². The molecule has 0 fully saturated rings. The minimum absolute atomic E-state index is 0.100. The number of rotatable bonds is 3. The molecule has 1 aliphatic heterocycles. The number of nitrogens with zero attached hydrogens (tertiary/aromatic N) is 2. The zero-order chi connectivity index (χ0) is 16.5. The minimum atomic E-state index is -5.02. The molecule has 0 radical (unpaired) electrons. The number of carbonyl (C=O) groups excluding carboxylic acids is 1. The van der Waals surface area contributed by atoms with E-state index in [0.29, 0.717) is 0 Å². The fourth-order valence-electron chi connectivity index (χ4n) is 2.18. The fraction of sp³-hybridized carbons (Fsp3) is 0.429. The first-order chi connectivity index (χ1) is 10.2. The van der Waals surface area contributed by atoms with E-state index < -0.39 is 24.2 Å². The van der Waals surface area contributed by atoms with Crippen molar-refractivity contribution >= 4 is 11.6 Å². The molecule has 120 valence electrons. The summed E-state index contributed by atoms with van der Waals surface area (Å²) in [6.45, 7) is 1.60. The lowest BCUT2D eigenvalue weighted by Gasteiger charge is -2.32. The Morgan fingerprint density at radius 2 is 2.09 bits per heavy atom. The lowest BCUT2D eigenvalue weighted by Crippen LogP contribution is -2.56. The third-order valence-corrected chi connectivity index (χ3v) is 3.43. The van der Waals surface area contributed by atoms with Gasteiger partial charge < -0.3 is 9.84 Å². The molecule has 2 rings (SSSR count). The second-order valence-electron chi connectivity index (χ2n) is 4.83. The number of methoxy groups -OCH3 is 1. The van der Waals surface area contributed by atoms with Crippen LogP contribution in [0.3, 0.4) is 0 Å². The summed E-state index contributed by atoms with van der Waals surface area (Å²) in [5.74, 6) is -0.960. The first-order valence-corrected chi connectivity index (χ1v) is 6.57. The lowest BCUT2D eigenvalue weighted by atomic mass is 10.0. The molecule has 0 spiro atoms. The van der Waals surface area contributed by atoms with E-state index in [9.17, 15) is 23.1 Å². The van der Waals surface area contributed by atoms with E-state index in [1.165, 1.54) is 25.3 Å². The van der Waals surface area contributed by atoms with Gasteiger partial charge in [0.1, 0.15) is 5.75 Å². The monoisotopic (exact) mass is 316 g/mol. The summed E-state index contributed by atoms with van der Waals surface area (Å²) in [7, 11) is 1.30. The third-order valence-electron chi connectivity index (χ3n) is 3.43. The van der Waals surface area contributed by atoms with Gasteiger partial charge in [0.25, 0.3) is 11.6 Å². The summed E-state index contributed by atoms with van der Waals surface area (Å²) in [6, 6.07) is 5.83. The molecule has 1 aliphatic rings. The van der Waals surface area contributed by atoms with Crippen LogP contribution in [0.5, 0.6) is 5.75 Å². The first-order valence-electron chi connectivity index (χ1n) is 6.57. The molecule has 0 saturated carbocycles. The van der Waals surface area contributed by atoms with Crippen molar-refractivity contribution in [2.24, 2.45) is 5.10 Å². The Hall–Kier alpha value is -2.09. The summed E-state index contributed by atoms with van der Waals surface area (Å²) in [5.41, 5.74) is -3.34. The standard InChI is InChI=1S/C14H15F3N2O3/c1-3-9-8-13(21,14(15,16)17)19(18-9)12(20)10-6-4-5-7-11(10)22-2/h4-7,21H,3,8H2,1-2H3. The highest BCUT2D eigenvalue weighted by Gasteiger charge is 2.63. The number of halogens is 3. The van der Waals surface area contributed by atoms with Gasteiger partial charge in [-0.3, -0.25) is 4.79 Å². The van der Waals surface area contributed by atoms with Crippen molar-refractivity contribution in [2.45, 2.75) is 31.7 Å². The second kappa shape index (κ2) is 5.60. The molecule has 1 aromatic carbocycles. The maximum absolute atomic E-state index is 13.2. The molecular weight excluding hydrogens is 301 g/mol. The van der Waals surface area contributed by atoms with Crippen molar-refractivity contribution in [1.82, 2.24) is 5.01 Å². The summed E-state index contributed by atoms with van der Waals surface area (Å²) >= 11 is 0. The molecule has 1 N–H and O–H groups in total. The first kappa shape index (κ1) is 16.3. The quantitative estimate of drug-likeness (QED) is 0.932. The average Bonchev–Trinajstić information content (AvgIpc) is 2.84. The van der Waals surface area contributed by atoms with Crippen LogP contribution in [-0.4, -0.2) is 40.7 Å². The Morgan fingerprint density at radius 3 is 2.64 bits per heavy atom. The van der Waals surface area contributed by atoms with Crippen LogP contribution in [0.25, 0.3) is 0 Å². The van der Waals surface area contributed by atoms with Crippen molar-refractivity contribution < 1.29 is 27.8 Å². The molecule has 1 aromatic rings. The van der Waals surface area contributed by atoms with E-state index in [0.717, 1.165) is 0 Å². The number of ether oxygens (including phenoxy) is 1. The normalized spacial score (nSPS) is 21.7. The van der Waals surface area contributed by atoms with Crippen molar-refractivity contribution in [1.29, 1.82) is 0 Å². The second-order valence-corrected chi connectivity index (χ2v) is 4.83. The lowest BCUT2D eigenvalue weighted by molar-refractivity contribution is -0.297. The molecule has 1 amide bonds. The topological polar surface area (TPSA) is 62.1 Å². The summed E-state index contributed by atoms with van der Waals surface area (Å²) in [5, 5.41) is 13.8. The summed E-state index contributed by atoms with van der Waals surface area (Å²) < 4.78 is 44.6. The van der Waals surface area contributed by atoms with Gasteiger partial charge in [0.2, 0.25) is 0 Å². The van der Waals surface area contributed by atoms with Crippen LogP contribution in [-0.2, 0) is 0 Å². The van der Waals surface area contributed by atoms with Crippen LogP contribution < -0.4 is 4.74 Å². The zero-order valence-electron chi connectivity index (χ0n) is 12.0. The van der Waals surface area contributed by atoms with E-state index in [1.54, 1.807) is 13.0 Å². The molecule has 8 heteroatoms. The number of benzene rings is 1. The van der Waals surface area contributed by atoms with Gasteiger partial charge in [-0.1, -0.05) is 19.1 Å². The number of alkyl halides is 3. The number of hydrogen-bond acceptors (Lipinski definition) is 4. The highest BCUT2D eigenvalue weighted by molar-refractivity contribution is 6.00. The molecule has 5 nitrogen and oxygen atoms in total. The molecule has 1 heterocycles. The molecule has 0 aromatic heterocycles. The molecule has 1 atom stereocenters. The predicted octanol–water partition coefficient (Wildman–Crippen LogP) is 2.56. The van der Waals surface area contributed by atoms with Crippen molar-refractivity contribution in [3.8, 4) is 5.75 Å². The maximum Gasteiger partial charge on any atom is 0.438 e. The number of hydrazone groups is 1. The summed E-state index contributed by atoms with van der Waals surface area (Å²) in [4.78, 5) is 12.4. The van der Waals surface area contributed by atoms with E-state index in [4.69, 9.17) is 4.74 Å². The zero-order valence-corrected chi connectivity index (χ0v) is 12.0. The van der Waals surface area contributed by atoms with Gasteiger partial charge in [-0.2, -0.15) is 23.3 Å². The van der Waals surface area contributed by atoms with Crippen LogP contribution in [0.15, 0.2) is 29.4 Å². The van der Waals surface area contributed by atoms with Gasteiger partial charge in [0, 0.05) is 12.1 Å². The maximum atomic E-state index is 13.2. The van der Waals surface area contributed by atoms with Crippen molar-refractivity contribution in [3.63, 3.8) is 0 Å². The van der Waals surface area contributed by atoms with Gasteiger partial charge in [-0.25, -0.2) is 0 Å². The molecular formula is C14H15F3N2O3. The Bertz CT molecular complexity index is 616. The average molecular weight is 316 g/mol. The molecule has 0 aliphatic carbocycles. The largest absolute Gasteiger partial charge is 0.496 e.